The number of nitrogens with zero attached hydrogens (tertiary/aromatic N) is 3. The molecule has 146 valence electrons. The van der Waals surface area contributed by atoms with Crippen molar-refractivity contribution in [3.8, 4) is 0 Å². The molecule has 0 radical (unpaired) electrons. The highest BCUT2D eigenvalue weighted by Gasteiger charge is 2.21. The third kappa shape index (κ3) is 5.33. The SMILES string of the molecule is CN(C)c1ccc(/C=C/C(=O)N2CCN(C(=O)/C=C/c3cccs3)CC2)cc1. The molecule has 1 aliphatic rings. The van der Waals surface area contributed by atoms with E-state index in [9.17, 15) is 9.59 Å². The molecule has 1 aromatic carbocycles. The van der Waals surface area contributed by atoms with Crippen LogP contribution in [0.5, 0.6) is 0 Å². The van der Waals surface area contributed by atoms with E-state index in [2.05, 4.69) is 0 Å². The van der Waals surface area contributed by atoms with Crippen LogP contribution in [0, 0.1) is 0 Å². The molecule has 3 rings (SSSR count). The summed E-state index contributed by atoms with van der Waals surface area (Å²) in [6.45, 7) is 2.23. The smallest absolute Gasteiger partial charge is 0.246 e. The Balaban J connectivity index is 1.48. The first-order valence-electron chi connectivity index (χ1n) is 9.28. The standard InChI is InChI=1S/C22H25N3O2S/c1-23(2)19-8-5-18(6-9-19)7-11-21(26)24-13-15-25(16-14-24)22(27)12-10-20-4-3-17-28-20/h3-12,17H,13-16H2,1-2H3/b11-7+,12-10+. The third-order valence-electron chi connectivity index (χ3n) is 4.66. The number of hydrogen-bond donors (Lipinski definition) is 0. The number of benzene rings is 1. The molecule has 28 heavy (non-hydrogen) atoms. The van der Waals surface area contributed by atoms with Gasteiger partial charge in [0.2, 0.25) is 11.8 Å². The van der Waals surface area contributed by atoms with Gasteiger partial charge in [-0.2, -0.15) is 0 Å². The van der Waals surface area contributed by atoms with Gasteiger partial charge in [0.15, 0.2) is 0 Å². The Morgan fingerprint density at radius 3 is 1.96 bits per heavy atom. The van der Waals surface area contributed by atoms with Gasteiger partial charge < -0.3 is 14.7 Å². The van der Waals surface area contributed by atoms with Crippen LogP contribution in [-0.2, 0) is 9.59 Å². The van der Waals surface area contributed by atoms with Gasteiger partial charge in [0.05, 0.1) is 0 Å². The molecule has 1 aromatic heterocycles. The van der Waals surface area contributed by atoms with Crippen LogP contribution >= 0.6 is 11.3 Å². The maximum atomic E-state index is 12.4. The summed E-state index contributed by atoms with van der Waals surface area (Å²) in [5.74, 6) is -0.0186. The molecule has 0 spiro atoms. The minimum atomic E-state index is -0.0158. The Morgan fingerprint density at radius 1 is 0.893 bits per heavy atom. The van der Waals surface area contributed by atoms with Gasteiger partial charge in [-0.25, -0.2) is 0 Å². The maximum absolute atomic E-state index is 12.4. The number of hydrogen-bond acceptors (Lipinski definition) is 4. The number of thiophene rings is 1. The molecule has 2 amide bonds. The fourth-order valence-corrected chi connectivity index (χ4v) is 3.57. The summed E-state index contributed by atoms with van der Waals surface area (Å²) in [7, 11) is 3.99. The number of rotatable bonds is 5. The van der Waals surface area contributed by atoms with E-state index in [-0.39, 0.29) is 11.8 Å². The Bertz CT molecular complexity index is 846. The van der Waals surface area contributed by atoms with Crippen molar-refractivity contribution in [2.45, 2.75) is 0 Å². The molecule has 0 aliphatic carbocycles. The second-order valence-electron chi connectivity index (χ2n) is 6.82. The second kappa shape index (κ2) is 9.37. The molecule has 0 unspecified atom stereocenters. The Hall–Kier alpha value is -2.86. The molecule has 5 nitrogen and oxygen atoms in total. The molecule has 1 fully saturated rings. The van der Waals surface area contributed by atoms with Gasteiger partial charge in [-0.05, 0) is 41.3 Å². The first-order chi connectivity index (χ1) is 13.5. The molecular formula is C22H25N3O2S. The molecule has 6 heteroatoms. The Kier molecular flexibility index (Phi) is 6.66. The van der Waals surface area contributed by atoms with Crippen molar-refractivity contribution in [2.75, 3.05) is 45.2 Å². The van der Waals surface area contributed by atoms with Gasteiger partial charge >= 0.3 is 0 Å². The number of anilines is 1. The summed E-state index contributed by atoms with van der Waals surface area (Å²) >= 11 is 1.60. The fourth-order valence-electron chi connectivity index (χ4n) is 2.95. The number of carbonyl (C=O) groups is 2. The first kappa shape index (κ1) is 19.9. The highest BCUT2D eigenvalue weighted by Crippen LogP contribution is 2.14. The largest absolute Gasteiger partial charge is 0.378 e. The molecule has 0 bridgehead atoms. The molecule has 1 saturated heterocycles. The predicted molar refractivity (Wildman–Crippen MR) is 116 cm³/mol. The Morgan fingerprint density at radius 2 is 1.46 bits per heavy atom. The molecule has 0 N–H and O–H groups in total. The minimum Gasteiger partial charge on any atom is -0.378 e. The monoisotopic (exact) mass is 395 g/mol. The number of piperazine rings is 1. The predicted octanol–water partition coefficient (Wildman–Crippen LogP) is 3.21. The molecule has 2 aromatic rings. The summed E-state index contributed by atoms with van der Waals surface area (Å²) < 4.78 is 0. The van der Waals surface area contributed by atoms with Crippen LogP contribution in [-0.4, -0.2) is 61.9 Å². The van der Waals surface area contributed by atoms with Gasteiger partial charge in [0.1, 0.15) is 0 Å². The quantitative estimate of drug-likeness (QED) is 0.730. The van der Waals surface area contributed by atoms with Crippen molar-refractivity contribution in [3.63, 3.8) is 0 Å². The van der Waals surface area contributed by atoms with E-state index in [4.69, 9.17) is 0 Å². The molecular weight excluding hydrogens is 370 g/mol. The first-order valence-corrected chi connectivity index (χ1v) is 10.2. The normalized spacial score (nSPS) is 14.8. The highest BCUT2D eigenvalue weighted by atomic mass is 32.1. The second-order valence-corrected chi connectivity index (χ2v) is 7.80. The average molecular weight is 396 g/mol. The van der Waals surface area contributed by atoms with E-state index in [0.717, 1.165) is 16.1 Å². The third-order valence-corrected chi connectivity index (χ3v) is 5.50. The maximum Gasteiger partial charge on any atom is 0.246 e. The van der Waals surface area contributed by atoms with Gasteiger partial charge in [-0.15, -0.1) is 11.3 Å². The van der Waals surface area contributed by atoms with E-state index in [1.807, 2.05) is 72.9 Å². The van der Waals surface area contributed by atoms with Crippen molar-refractivity contribution in [2.24, 2.45) is 0 Å². The Labute approximate surface area is 170 Å². The van der Waals surface area contributed by atoms with Crippen LogP contribution in [0.1, 0.15) is 10.4 Å². The zero-order valence-electron chi connectivity index (χ0n) is 16.2. The lowest BCUT2D eigenvalue weighted by Crippen LogP contribution is -2.49. The van der Waals surface area contributed by atoms with Gasteiger partial charge in [0, 0.05) is 63.0 Å². The topological polar surface area (TPSA) is 43.9 Å². The van der Waals surface area contributed by atoms with Crippen molar-refractivity contribution in [1.29, 1.82) is 0 Å². The summed E-state index contributed by atoms with van der Waals surface area (Å²) in [5.41, 5.74) is 2.11. The fraction of sp³-hybridized carbons (Fsp3) is 0.273. The lowest BCUT2D eigenvalue weighted by Gasteiger charge is -2.33. The molecule has 1 aliphatic heterocycles. The molecule has 0 atom stereocenters. The minimum absolute atomic E-state index is 0.00276. The van der Waals surface area contributed by atoms with E-state index in [0.29, 0.717) is 26.2 Å². The van der Waals surface area contributed by atoms with Crippen molar-refractivity contribution < 1.29 is 9.59 Å². The van der Waals surface area contributed by atoms with E-state index < -0.39 is 0 Å². The zero-order chi connectivity index (χ0) is 19.9. The van der Waals surface area contributed by atoms with Crippen molar-refractivity contribution in [1.82, 2.24) is 9.80 Å². The van der Waals surface area contributed by atoms with Crippen LogP contribution < -0.4 is 4.90 Å². The molecule has 2 heterocycles. The van der Waals surface area contributed by atoms with Crippen LogP contribution in [0.3, 0.4) is 0 Å². The van der Waals surface area contributed by atoms with Crippen LogP contribution in [0.4, 0.5) is 5.69 Å². The highest BCUT2D eigenvalue weighted by molar-refractivity contribution is 7.10. The lowest BCUT2D eigenvalue weighted by atomic mass is 10.2. The molecule has 0 saturated carbocycles. The van der Waals surface area contributed by atoms with Crippen molar-refractivity contribution >= 4 is 41.0 Å². The lowest BCUT2D eigenvalue weighted by molar-refractivity contribution is -0.133. The van der Waals surface area contributed by atoms with E-state index >= 15 is 0 Å². The van der Waals surface area contributed by atoms with Gasteiger partial charge in [0.25, 0.3) is 0 Å². The summed E-state index contributed by atoms with van der Waals surface area (Å²) in [6, 6.07) is 12.0. The number of carbonyl (C=O) groups excluding carboxylic acids is 2. The van der Waals surface area contributed by atoms with Crippen LogP contribution in [0.25, 0.3) is 12.2 Å². The van der Waals surface area contributed by atoms with Crippen LogP contribution in [0.15, 0.2) is 53.9 Å². The summed E-state index contributed by atoms with van der Waals surface area (Å²) in [4.78, 5) is 31.4. The average Bonchev–Trinajstić information content (AvgIpc) is 3.24. The van der Waals surface area contributed by atoms with Crippen molar-refractivity contribution in [3.05, 3.63) is 64.4 Å². The zero-order valence-corrected chi connectivity index (χ0v) is 17.1. The summed E-state index contributed by atoms with van der Waals surface area (Å²) in [6.07, 6.45) is 6.90. The van der Waals surface area contributed by atoms with Gasteiger partial charge in [-0.1, -0.05) is 18.2 Å². The van der Waals surface area contributed by atoms with Crippen LogP contribution in [0.2, 0.25) is 0 Å². The van der Waals surface area contributed by atoms with E-state index in [1.165, 1.54) is 0 Å². The van der Waals surface area contributed by atoms with E-state index in [1.54, 1.807) is 33.3 Å². The van der Waals surface area contributed by atoms with Gasteiger partial charge in [-0.3, -0.25) is 9.59 Å². The number of amides is 2. The summed E-state index contributed by atoms with van der Waals surface area (Å²) in [5, 5.41) is 1.98.